The van der Waals surface area contributed by atoms with Crippen molar-refractivity contribution in [2.75, 3.05) is 14.2 Å². The van der Waals surface area contributed by atoms with Gasteiger partial charge in [-0.2, -0.15) is 5.10 Å². The number of ether oxygens (including phenoxy) is 2. The Balaban J connectivity index is 1.23. The summed E-state index contributed by atoms with van der Waals surface area (Å²) in [4.78, 5) is 21.9. The zero-order valence-corrected chi connectivity index (χ0v) is 19.7. The Bertz CT molecular complexity index is 1280. The Kier molecular flexibility index (Phi) is 5.24. The van der Waals surface area contributed by atoms with E-state index in [-0.39, 0.29) is 29.9 Å². The monoisotopic (exact) mass is 485 g/mol. The van der Waals surface area contributed by atoms with Crippen molar-refractivity contribution < 1.29 is 18.7 Å². The zero-order valence-electron chi connectivity index (χ0n) is 18.9. The van der Waals surface area contributed by atoms with Crippen LogP contribution in [0.3, 0.4) is 0 Å². The number of benzene rings is 1. The molecular weight excluding hydrogens is 461 g/mol. The largest absolute Gasteiger partial charge is 0.489 e. The molecule has 178 valence electrons. The maximum Gasteiger partial charge on any atom is 0.258 e. The molecule has 2 fully saturated rings. The van der Waals surface area contributed by atoms with Gasteiger partial charge in [-0.15, -0.1) is 0 Å². The molecule has 34 heavy (non-hydrogen) atoms. The van der Waals surface area contributed by atoms with Crippen LogP contribution in [0.25, 0.3) is 5.65 Å². The first-order chi connectivity index (χ1) is 16.4. The SMILES string of the molecule is COC1CC2CC(Oc3cc(F)ccc3C(=O)N3Cc4nn5cc(Cl)cnc5c4C3)CC1N2C. The number of hydrogen-bond donors (Lipinski definition) is 0. The van der Waals surface area contributed by atoms with E-state index in [4.69, 9.17) is 21.1 Å². The summed E-state index contributed by atoms with van der Waals surface area (Å²) in [6, 6.07) is 4.74. The van der Waals surface area contributed by atoms with Crippen LogP contribution in [0.5, 0.6) is 5.75 Å². The fourth-order valence-corrected chi connectivity index (χ4v) is 5.85. The summed E-state index contributed by atoms with van der Waals surface area (Å²) in [6.45, 7) is 0.719. The number of amides is 1. The van der Waals surface area contributed by atoms with Crippen LogP contribution in [0, 0.1) is 5.82 Å². The molecule has 3 aromatic rings. The summed E-state index contributed by atoms with van der Waals surface area (Å²) in [7, 11) is 3.86. The second-order valence-corrected chi connectivity index (χ2v) is 9.81. The van der Waals surface area contributed by atoms with Gasteiger partial charge in [0.1, 0.15) is 17.7 Å². The van der Waals surface area contributed by atoms with Crippen molar-refractivity contribution in [3.05, 3.63) is 58.3 Å². The molecule has 2 bridgehead atoms. The lowest BCUT2D eigenvalue weighted by molar-refractivity contribution is 0.0235. The van der Waals surface area contributed by atoms with Crippen molar-refractivity contribution >= 4 is 23.2 Å². The predicted octanol–water partition coefficient (Wildman–Crippen LogP) is 3.31. The van der Waals surface area contributed by atoms with Crippen LogP contribution in [0.2, 0.25) is 5.02 Å². The number of likely N-dealkylation sites (N-methyl/N-ethyl adjacent to an activating group) is 1. The minimum atomic E-state index is -0.430. The van der Waals surface area contributed by atoms with Gasteiger partial charge in [-0.3, -0.25) is 9.69 Å². The van der Waals surface area contributed by atoms with Crippen LogP contribution in [0.15, 0.2) is 30.6 Å². The van der Waals surface area contributed by atoms with Crippen LogP contribution < -0.4 is 4.74 Å². The number of piperidine rings is 1. The van der Waals surface area contributed by atoms with Gasteiger partial charge in [-0.05, 0) is 32.0 Å². The first kappa shape index (κ1) is 21.8. The van der Waals surface area contributed by atoms with Crippen molar-refractivity contribution in [1.29, 1.82) is 0 Å². The Labute approximate surface area is 201 Å². The van der Waals surface area contributed by atoms with Gasteiger partial charge in [-0.25, -0.2) is 13.9 Å². The highest BCUT2D eigenvalue weighted by molar-refractivity contribution is 6.30. The summed E-state index contributed by atoms with van der Waals surface area (Å²) in [5.74, 6) is -0.358. The highest BCUT2D eigenvalue weighted by Gasteiger charge is 2.46. The van der Waals surface area contributed by atoms with Gasteiger partial charge >= 0.3 is 0 Å². The number of nitrogens with zero attached hydrogens (tertiary/aromatic N) is 5. The Morgan fingerprint density at radius 3 is 2.91 bits per heavy atom. The number of aromatic nitrogens is 3. The van der Waals surface area contributed by atoms with Crippen LogP contribution >= 0.6 is 11.6 Å². The summed E-state index contributed by atoms with van der Waals surface area (Å²) in [6.07, 6.45) is 5.88. The molecule has 6 rings (SSSR count). The second-order valence-electron chi connectivity index (χ2n) is 9.38. The molecule has 0 spiro atoms. The second kappa shape index (κ2) is 8.18. The molecule has 0 saturated carbocycles. The summed E-state index contributed by atoms with van der Waals surface area (Å²) in [5, 5.41) is 5.02. The van der Waals surface area contributed by atoms with Gasteiger partial charge in [-0.1, -0.05) is 11.6 Å². The number of rotatable bonds is 4. The first-order valence-corrected chi connectivity index (χ1v) is 11.8. The molecule has 1 amide bonds. The Morgan fingerprint density at radius 1 is 1.24 bits per heavy atom. The van der Waals surface area contributed by atoms with E-state index in [1.807, 2.05) is 0 Å². The molecule has 0 N–H and O–H groups in total. The van der Waals surface area contributed by atoms with E-state index in [0.29, 0.717) is 35.4 Å². The van der Waals surface area contributed by atoms with Crippen molar-refractivity contribution in [1.82, 2.24) is 24.4 Å². The Hall–Kier alpha value is -2.75. The number of hydrogen-bond acceptors (Lipinski definition) is 6. The average molecular weight is 486 g/mol. The molecule has 4 unspecified atom stereocenters. The lowest BCUT2D eigenvalue weighted by atomic mass is 10.00. The van der Waals surface area contributed by atoms with Gasteiger partial charge in [0.25, 0.3) is 5.91 Å². The van der Waals surface area contributed by atoms with Crippen molar-refractivity contribution in [3.63, 3.8) is 0 Å². The molecule has 5 heterocycles. The average Bonchev–Trinajstić information content (AvgIpc) is 3.40. The lowest BCUT2D eigenvalue weighted by Gasteiger charge is -2.37. The van der Waals surface area contributed by atoms with Gasteiger partial charge in [0, 0.05) is 43.4 Å². The van der Waals surface area contributed by atoms with Crippen molar-refractivity contribution in [2.45, 2.75) is 56.6 Å². The summed E-state index contributed by atoms with van der Waals surface area (Å²) >= 11 is 6.01. The minimum absolute atomic E-state index is 0.103. The number of halogens is 2. The molecule has 3 aliphatic heterocycles. The predicted molar refractivity (Wildman–Crippen MR) is 122 cm³/mol. The fourth-order valence-electron chi connectivity index (χ4n) is 5.71. The van der Waals surface area contributed by atoms with Gasteiger partial charge in [0.05, 0.1) is 41.7 Å². The molecule has 3 aliphatic rings. The molecule has 8 nitrogen and oxygen atoms in total. The number of carbonyl (C=O) groups excluding carboxylic acids is 1. The number of fused-ring (bicyclic) bond motifs is 5. The topological polar surface area (TPSA) is 72.2 Å². The van der Waals surface area contributed by atoms with Gasteiger partial charge in [0.15, 0.2) is 5.65 Å². The standard InChI is InChI=1S/C24H25ClFN5O3/c1-29-15-6-16(8-20(29)22(7-15)33-2)34-21-5-14(26)3-4-17(21)24(32)30-11-18-19(12-30)28-31-10-13(25)9-27-23(18)31/h3-5,9-10,15-16,20,22H,6-8,11-12H2,1-2H3. The molecule has 10 heteroatoms. The van der Waals surface area contributed by atoms with E-state index in [1.54, 1.807) is 28.9 Å². The molecule has 0 radical (unpaired) electrons. The third kappa shape index (κ3) is 3.54. The normalized spacial score (nSPS) is 26.3. The summed E-state index contributed by atoms with van der Waals surface area (Å²) < 4.78 is 27.8. The Morgan fingerprint density at radius 2 is 2.09 bits per heavy atom. The number of carbonyl (C=O) groups is 1. The van der Waals surface area contributed by atoms with E-state index < -0.39 is 5.82 Å². The van der Waals surface area contributed by atoms with E-state index in [2.05, 4.69) is 22.0 Å². The lowest BCUT2D eigenvalue weighted by Crippen LogP contribution is -2.46. The molecule has 2 aromatic heterocycles. The van der Waals surface area contributed by atoms with Gasteiger partial charge in [0.2, 0.25) is 0 Å². The zero-order chi connectivity index (χ0) is 23.6. The van der Waals surface area contributed by atoms with Crippen molar-refractivity contribution in [3.8, 4) is 5.75 Å². The maximum atomic E-state index is 14.2. The smallest absolute Gasteiger partial charge is 0.258 e. The highest BCUT2D eigenvalue weighted by Crippen LogP contribution is 2.38. The highest BCUT2D eigenvalue weighted by atomic mass is 35.5. The minimum Gasteiger partial charge on any atom is -0.489 e. The molecule has 4 atom stereocenters. The fraction of sp³-hybridized carbons (Fsp3) is 0.458. The third-order valence-corrected chi connectivity index (χ3v) is 7.63. The quantitative estimate of drug-likeness (QED) is 0.564. The molecule has 2 saturated heterocycles. The van der Waals surface area contributed by atoms with Crippen molar-refractivity contribution in [2.24, 2.45) is 0 Å². The van der Waals surface area contributed by atoms with Gasteiger partial charge < -0.3 is 14.4 Å². The summed E-state index contributed by atoms with van der Waals surface area (Å²) in [5.41, 5.74) is 2.71. The van der Waals surface area contributed by atoms with E-state index in [9.17, 15) is 9.18 Å². The van der Waals surface area contributed by atoms with Crippen LogP contribution in [0.1, 0.15) is 40.9 Å². The van der Waals surface area contributed by atoms with Crippen LogP contribution in [-0.4, -0.2) is 68.8 Å². The molecular formula is C24H25ClFN5O3. The van der Waals surface area contributed by atoms with E-state index in [0.717, 1.165) is 30.5 Å². The first-order valence-electron chi connectivity index (χ1n) is 11.4. The molecule has 0 aliphatic carbocycles. The maximum absolute atomic E-state index is 14.2. The number of methoxy groups -OCH3 is 1. The molecule has 1 aromatic carbocycles. The third-order valence-electron chi connectivity index (χ3n) is 7.44. The van der Waals surface area contributed by atoms with Crippen LogP contribution in [0.4, 0.5) is 4.39 Å². The van der Waals surface area contributed by atoms with E-state index in [1.165, 1.54) is 18.2 Å². The van der Waals surface area contributed by atoms with Crippen LogP contribution in [-0.2, 0) is 17.8 Å². The van der Waals surface area contributed by atoms with E-state index >= 15 is 0 Å².